The smallest absolute Gasteiger partial charge is 0.129 e. The number of hydrogen-bond donors (Lipinski definition) is 0. The van der Waals surface area contributed by atoms with Crippen molar-refractivity contribution in [2.45, 2.75) is 38.4 Å². The van der Waals surface area contributed by atoms with Crippen LogP contribution >= 0.6 is 0 Å². The van der Waals surface area contributed by atoms with E-state index in [0.29, 0.717) is 5.92 Å². The minimum atomic E-state index is -0.435. The lowest BCUT2D eigenvalue weighted by Gasteiger charge is -2.25. The summed E-state index contributed by atoms with van der Waals surface area (Å²) in [6.45, 7) is 5.55. The Morgan fingerprint density at radius 3 is 2.06 bits per heavy atom. The first-order valence-corrected chi connectivity index (χ1v) is 10.7. The molecule has 1 unspecified atom stereocenters. The van der Waals surface area contributed by atoms with E-state index in [1.807, 2.05) is 31.0 Å². The van der Waals surface area contributed by atoms with E-state index in [4.69, 9.17) is 9.57 Å². The lowest BCUT2D eigenvalue weighted by molar-refractivity contribution is -0.174. The van der Waals surface area contributed by atoms with Crippen LogP contribution in [0.4, 0.5) is 8.78 Å². The fourth-order valence-corrected chi connectivity index (χ4v) is 3.95. The molecule has 0 radical (unpaired) electrons. The lowest BCUT2D eigenvalue weighted by Crippen LogP contribution is -2.24. The Balaban J connectivity index is 1.50. The van der Waals surface area contributed by atoms with Gasteiger partial charge in [0, 0.05) is 19.0 Å². The molecule has 1 aliphatic rings. The Kier molecular flexibility index (Phi) is 6.64. The highest BCUT2D eigenvalue weighted by Gasteiger charge is 2.28. The zero-order valence-corrected chi connectivity index (χ0v) is 17.8. The molecule has 3 aromatic rings. The van der Waals surface area contributed by atoms with Crippen molar-refractivity contribution >= 4 is 0 Å². The Hall–Kier alpha value is -2.76. The second-order valence-corrected chi connectivity index (χ2v) is 8.20. The van der Waals surface area contributed by atoms with E-state index < -0.39 is 6.10 Å². The molecule has 1 fully saturated rings. The number of halogens is 2. The van der Waals surface area contributed by atoms with Gasteiger partial charge in [-0.1, -0.05) is 36.4 Å². The van der Waals surface area contributed by atoms with Crippen molar-refractivity contribution < 1.29 is 18.4 Å². The summed E-state index contributed by atoms with van der Waals surface area (Å²) in [7, 11) is 0. The van der Waals surface area contributed by atoms with E-state index in [1.54, 1.807) is 24.3 Å². The van der Waals surface area contributed by atoms with Crippen LogP contribution in [0.15, 0.2) is 72.8 Å². The fraction of sp³-hybridized carbons (Fsp3) is 0.308. The molecule has 0 N–H and O–H groups in total. The predicted octanol–water partition coefficient (Wildman–Crippen LogP) is 6.26. The highest BCUT2D eigenvalue weighted by molar-refractivity contribution is 5.32. The summed E-state index contributed by atoms with van der Waals surface area (Å²) in [5.41, 5.74) is 2.87. The number of hydrogen-bond acceptors (Lipinski definition) is 3. The van der Waals surface area contributed by atoms with Crippen LogP contribution < -0.4 is 4.74 Å². The van der Waals surface area contributed by atoms with Gasteiger partial charge in [-0.25, -0.2) is 8.78 Å². The number of benzene rings is 3. The van der Waals surface area contributed by atoms with Crippen LogP contribution in [0.1, 0.15) is 49.0 Å². The molecule has 1 heterocycles. The highest BCUT2D eigenvalue weighted by Crippen LogP contribution is 2.34. The maximum Gasteiger partial charge on any atom is 0.129 e. The normalized spacial score (nSPS) is 16.9. The second kappa shape index (κ2) is 9.58. The van der Waals surface area contributed by atoms with Crippen molar-refractivity contribution in [2.24, 2.45) is 0 Å². The van der Waals surface area contributed by atoms with Crippen molar-refractivity contribution in [2.75, 3.05) is 13.1 Å². The second-order valence-electron chi connectivity index (χ2n) is 8.20. The molecule has 4 rings (SSSR count). The quantitative estimate of drug-likeness (QED) is 0.448. The molecule has 0 aromatic heterocycles. The zero-order valence-electron chi connectivity index (χ0n) is 17.8. The standard InChI is InChI=1S/C26H27F2NO2/c1-18(2)30-25-5-3-4-21(16-25)22-14-15-29(17-22)31-26(19-6-10-23(27)11-7-19)20-8-12-24(28)13-9-20/h3-13,16,18,22,26H,14-15,17H2,1-2H3. The lowest BCUT2D eigenvalue weighted by atomic mass is 9.98. The van der Waals surface area contributed by atoms with Gasteiger partial charge in [-0.15, -0.1) is 0 Å². The Morgan fingerprint density at radius 2 is 1.48 bits per heavy atom. The first-order chi connectivity index (χ1) is 15.0. The van der Waals surface area contributed by atoms with Crippen molar-refractivity contribution in [3.63, 3.8) is 0 Å². The molecular formula is C26H27F2NO2. The molecule has 1 aliphatic heterocycles. The number of hydroxylamine groups is 2. The van der Waals surface area contributed by atoms with Crippen LogP contribution in [0.25, 0.3) is 0 Å². The average molecular weight is 424 g/mol. The number of rotatable bonds is 7. The van der Waals surface area contributed by atoms with Gasteiger partial charge in [-0.3, -0.25) is 4.84 Å². The zero-order chi connectivity index (χ0) is 21.8. The molecule has 0 aliphatic carbocycles. The van der Waals surface area contributed by atoms with Gasteiger partial charge < -0.3 is 4.74 Å². The Morgan fingerprint density at radius 1 is 0.871 bits per heavy atom. The summed E-state index contributed by atoms with van der Waals surface area (Å²) in [6.07, 6.45) is 0.659. The van der Waals surface area contributed by atoms with Crippen LogP contribution in [0, 0.1) is 11.6 Å². The van der Waals surface area contributed by atoms with E-state index >= 15 is 0 Å². The molecule has 162 valence electrons. The monoisotopic (exact) mass is 423 g/mol. The van der Waals surface area contributed by atoms with Crippen molar-refractivity contribution in [1.29, 1.82) is 0 Å². The van der Waals surface area contributed by atoms with E-state index in [0.717, 1.165) is 36.4 Å². The minimum absolute atomic E-state index is 0.130. The number of nitrogens with zero attached hydrogens (tertiary/aromatic N) is 1. The third-order valence-electron chi connectivity index (χ3n) is 5.45. The topological polar surface area (TPSA) is 21.7 Å². The Bertz CT molecular complexity index is 944. The molecule has 3 aromatic carbocycles. The molecule has 5 heteroatoms. The first-order valence-electron chi connectivity index (χ1n) is 10.7. The molecule has 1 atom stereocenters. The molecular weight excluding hydrogens is 396 g/mol. The van der Waals surface area contributed by atoms with Crippen LogP contribution in [0.5, 0.6) is 5.75 Å². The van der Waals surface area contributed by atoms with E-state index in [-0.39, 0.29) is 17.7 Å². The highest BCUT2D eigenvalue weighted by atomic mass is 19.1. The summed E-state index contributed by atoms with van der Waals surface area (Å²) in [5, 5.41) is 1.96. The molecule has 0 spiro atoms. The summed E-state index contributed by atoms with van der Waals surface area (Å²) >= 11 is 0. The van der Waals surface area contributed by atoms with Crippen LogP contribution in [-0.4, -0.2) is 24.3 Å². The van der Waals surface area contributed by atoms with Gasteiger partial charge in [0.2, 0.25) is 0 Å². The van der Waals surface area contributed by atoms with Crippen LogP contribution in [-0.2, 0) is 4.84 Å². The van der Waals surface area contributed by atoms with Gasteiger partial charge in [0.05, 0.1) is 6.10 Å². The molecule has 3 nitrogen and oxygen atoms in total. The maximum atomic E-state index is 13.4. The predicted molar refractivity (Wildman–Crippen MR) is 117 cm³/mol. The van der Waals surface area contributed by atoms with Gasteiger partial charge in [0.15, 0.2) is 0 Å². The molecule has 31 heavy (non-hydrogen) atoms. The largest absolute Gasteiger partial charge is 0.491 e. The fourth-order valence-electron chi connectivity index (χ4n) is 3.95. The molecule has 0 bridgehead atoms. The SMILES string of the molecule is CC(C)Oc1cccc(C2CCN(OC(c3ccc(F)cc3)c3ccc(F)cc3)C2)c1. The van der Waals surface area contributed by atoms with Crippen LogP contribution in [0.2, 0.25) is 0 Å². The van der Waals surface area contributed by atoms with Gasteiger partial charge in [-0.05, 0) is 73.4 Å². The van der Waals surface area contributed by atoms with Crippen molar-refractivity contribution in [3.8, 4) is 5.75 Å². The van der Waals surface area contributed by atoms with Gasteiger partial charge in [0.25, 0.3) is 0 Å². The Labute approximate surface area is 182 Å². The van der Waals surface area contributed by atoms with Gasteiger partial charge in [-0.2, -0.15) is 5.06 Å². The first kappa shape index (κ1) is 21.5. The molecule has 1 saturated heterocycles. The van der Waals surface area contributed by atoms with Gasteiger partial charge >= 0.3 is 0 Å². The third-order valence-corrected chi connectivity index (χ3v) is 5.45. The van der Waals surface area contributed by atoms with E-state index in [1.165, 1.54) is 29.8 Å². The summed E-state index contributed by atoms with van der Waals surface area (Å²) < 4.78 is 32.7. The summed E-state index contributed by atoms with van der Waals surface area (Å²) in [5.74, 6) is 0.609. The molecule has 0 saturated carbocycles. The number of ether oxygens (including phenoxy) is 1. The van der Waals surface area contributed by atoms with Gasteiger partial charge in [0.1, 0.15) is 23.5 Å². The third kappa shape index (κ3) is 5.49. The maximum absolute atomic E-state index is 13.4. The summed E-state index contributed by atoms with van der Waals surface area (Å²) in [6, 6.07) is 20.8. The summed E-state index contributed by atoms with van der Waals surface area (Å²) in [4.78, 5) is 6.37. The van der Waals surface area contributed by atoms with E-state index in [9.17, 15) is 8.78 Å². The minimum Gasteiger partial charge on any atom is -0.491 e. The average Bonchev–Trinajstić information content (AvgIpc) is 3.22. The van der Waals surface area contributed by atoms with Crippen LogP contribution in [0.3, 0.4) is 0 Å². The molecule has 0 amide bonds. The van der Waals surface area contributed by atoms with Crippen molar-refractivity contribution in [3.05, 3.63) is 101 Å². The van der Waals surface area contributed by atoms with E-state index in [2.05, 4.69) is 12.1 Å². The van der Waals surface area contributed by atoms with Crippen molar-refractivity contribution in [1.82, 2.24) is 5.06 Å².